The quantitative estimate of drug-likeness (QED) is 0.198. The van der Waals surface area contributed by atoms with Crippen molar-refractivity contribution in [3.8, 4) is 28.5 Å². The average Bonchev–Trinajstić information content (AvgIpc) is 3.71. The molecule has 44 heavy (non-hydrogen) atoms. The maximum Gasteiger partial charge on any atom is 0.297 e. The van der Waals surface area contributed by atoms with E-state index in [1.54, 1.807) is 0 Å². The van der Waals surface area contributed by atoms with Crippen molar-refractivity contribution in [2.45, 2.75) is 19.9 Å². The van der Waals surface area contributed by atoms with Crippen molar-refractivity contribution in [3.05, 3.63) is 120 Å². The highest BCUT2D eigenvalue weighted by Gasteiger charge is 2.18. The molecule has 2 heterocycles. The van der Waals surface area contributed by atoms with Gasteiger partial charge in [-0.15, -0.1) is 10.2 Å². The Balaban J connectivity index is 1.19. The fourth-order valence-corrected chi connectivity index (χ4v) is 5.64. The number of H-pyrrole nitrogens is 1. The zero-order chi connectivity index (χ0) is 29.9. The molecule has 0 bridgehead atoms. The van der Waals surface area contributed by atoms with Gasteiger partial charge in [-0.25, -0.2) is 0 Å². The van der Waals surface area contributed by atoms with E-state index >= 15 is 0 Å². The second-order valence-corrected chi connectivity index (χ2v) is 10.4. The zero-order valence-corrected chi connectivity index (χ0v) is 24.1. The SMILES string of the molecule is CCOc1nc2cccc(NC(=O)Cc3cccc4ccccc34)c2n1Cc1ccc(-c2ccccc2-c2nn[nH]n2)cc1. The number of hydrogen-bond donors (Lipinski definition) is 2. The number of fused-ring (bicyclic) bond motifs is 2. The van der Waals surface area contributed by atoms with Crippen molar-refractivity contribution in [3.63, 3.8) is 0 Å². The highest BCUT2D eigenvalue weighted by Crippen LogP contribution is 2.32. The molecule has 0 spiro atoms. The predicted molar refractivity (Wildman–Crippen MR) is 171 cm³/mol. The summed E-state index contributed by atoms with van der Waals surface area (Å²) in [5.41, 5.74) is 7.25. The number of aromatic amines is 1. The Kier molecular flexibility index (Phi) is 7.25. The lowest BCUT2D eigenvalue weighted by atomic mass is 9.98. The van der Waals surface area contributed by atoms with E-state index in [4.69, 9.17) is 9.72 Å². The molecule has 0 saturated heterocycles. The van der Waals surface area contributed by atoms with Crippen molar-refractivity contribution < 1.29 is 9.53 Å². The third-order valence-electron chi connectivity index (χ3n) is 7.63. The van der Waals surface area contributed by atoms with Crippen molar-refractivity contribution in [2.24, 2.45) is 0 Å². The summed E-state index contributed by atoms with van der Waals surface area (Å²) in [6.07, 6.45) is 0.261. The molecule has 2 N–H and O–H groups in total. The monoisotopic (exact) mass is 579 g/mol. The lowest BCUT2D eigenvalue weighted by molar-refractivity contribution is -0.115. The van der Waals surface area contributed by atoms with Gasteiger partial charge in [0.2, 0.25) is 11.7 Å². The van der Waals surface area contributed by atoms with Gasteiger partial charge in [0.05, 0.1) is 36.3 Å². The summed E-state index contributed by atoms with van der Waals surface area (Å²) in [5, 5.41) is 19.9. The number of hydrogen-bond acceptors (Lipinski definition) is 6. The second kappa shape index (κ2) is 11.8. The molecule has 9 heteroatoms. The Morgan fingerprint density at radius 1 is 0.864 bits per heavy atom. The van der Waals surface area contributed by atoms with E-state index in [-0.39, 0.29) is 12.3 Å². The van der Waals surface area contributed by atoms with Crippen LogP contribution in [0, 0.1) is 0 Å². The minimum absolute atomic E-state index is 0.0933. The van der Waals surface area contributed by atoms with Gasteiger partial charge in [-0.3, -0.25) is 9.36 Å². The fourth-order valence-electron chi connectivity index (χ4n) is 5.64. The molecule has 5 aromatic carbocycles. The number of benzene rings is 5. The highest BCUT2D eigenvalue weighted by molar-refractivity contribution is 6.02. The van der Waals surface area contributed by atoms with E-state index in [1.807, 2.05) is 78.2 Å². The maximum atomic E-state index is 13.4. The minimum Gasteiger partial charge on any atom is -0.465 e. The molecule has 0 aliphatic heterocycles. The predicted octanol–water partition coefficient (Wildman–Crippen LogP) is 6.66. The van der Waals surface area contributed by atoms with Crippen LogP contribution in [0.4, 0.5) is 5.69 Å². The first-order chi connectivity index (χ1) is 21.7. The molecule has 0 atom stereocenters. The van der Waals surface area contributed by atoms with Crippen molar-refractivity contribution in [2.75, 3.05) is 11.9 Å². The van der Waals surface area contributed by atoms with Gasteiger partial charge >= 0.3 is 0 Å². The number of carbonyl (C=O) groups excluding carboxylic acids is 1. The van der Waals surface area contributed by atoms with E-state index < -0.39 is 0 Å². The zero-order valence-electron chi connectivity index (χ0n) is 24.1. The molecule has 0 aliphatic rings. The number of imidazole rings is 1. The van der Waals surface area contributed by atoms with Crippen LogP contribution in [0.5, 0.6) is 6.01 Å². The maximum absolute atomic E-state index is 13.4. The minimum atomic E-state index is -0.0933. The van der Waals surface area contributed by atoms with Crippen molar-refractivity contribution in [1.82, 2.24) is 30.2 Å². The van der Waals surface area contributed by atoms with Crippen LogP contribution in [0.2, 0.25) is 0 Å². The fraction of sp³-hybridized carbons (Fsp3) is 0.114. The van der Waals surface area contributed by atoms with Crippen LogP contribution in [-0.4, -0.2) is 42.7 Å². The molecule has 0 aliphatic carbocycles. The summed E-state index contributed by atoms with van der Waals surface area (Å²) in [7, 11) is 0. The Labute approximate surface area is 253 Å². The first kappa shape index (κ1) is 27.0. The van der Waals surface area contributed by atoms with E-state index in [0.717, 1.165) is 49.6 Å². The molecule has 2 aromatic heterocycles. The molecule has 0 unspecified atom stereocenters. The first-order valence-electron chi connectivity index (χ1n) is 14.5. The Morgan fingerprint density at radius 2 is 1.64 bits per heavy atom. The van der Waals surface area contributed by atoms with Crippen LogP contribution in [0.15, 0.2) is 109 Å². The number of para-hydroxylation sites is 1. The number of ether oxygens (including phenoxy) is 1. The second-order valence-electron chi connectivity index (χ2n) is 10.4. The van der Waals surface area contributed by atoms with Crippen molar-refractivity contribution >= 4 is 33.4 Å². The Bertz CT molecular complexity index is 2080. The average molecular weight is 580 g/mol. The van der Waals surface area contributed by atoms with E-state index in [9.17, 15) is 4.79 Å². The largest absolute Gasteiger partial charge is 0.465 e. The molecule has 0 radical (unpaired) electrons. The van der Waals surface area contributed by atoms with Gasteiger partial charge in [0.1, 0.15) is 0 Å². The molecule has 1 amide bonds. The summed E-state index contributed by atoms with van der Waals surface area (Å²) in [6, 6.07) is 36.8. The summed E-state index contributed by atoms with van der Waals surface area (Å²) in [5.74, 6) is 0.454. The van der Waals surface area contributed by atoms with Crippen LogP contribution in [0.3, 0.4) is 0 Å². The number of rotatable bonds is 9. The van der Waals surface area contributed by atoms with Gasteiger partial charge in [-0.1, -0.05) is 97.1 Å². The van der Waals surface area contributed by atoms with Gasteiger partial charge in [0, 0.05) is 5.56 Å². The van der Waals surface area contributed by atoms with E-state index in [2.05, 4.69) is 68.4 Å². The molecule has 0 saturated carbocycles. The van der Waals surface area contributed by atoms with E-state index in [0.29, 0.717) is 30.7 Å². The summed E-state index contributed by atoms with van der Waals surface area (Å²) >= 11 is 0. The molecule has 0 fully saturated rings. The summed E-state index contributed by atoms with van der Waals surface area (Å²) in [4.78, 5) is 18.1. The van der Waals surface area contributed by atoms with Gasteiger partial charge in [-0.05, 0) is 57.3 Å². The smallest absolute Gasteiger partial charge is 0.297 e. The number of aromatic nitrogens is 6. The number of amides is 1. The highest BCUT2D eigenvalue weighted by atomic mass is 16.5. The molecule has 216 valence electrons. The van der Waals surface area contributed by atoms with Crippen molar-refractivity contribution in [1.29, 1.82) is 0 Å². The van der Waals surface area contributed by atoms with Crippen LogP contribution in [0.1, 0.15) is 18.1 Å². The lowest BCUT2D eigenvalue weighted by Gasteiger charge is -2.14. The standard InChI is InChI=1S/C35H29N7O2/c1-2-44-35-37-31-16-8-15-30(36-32(43)21-26-11-7-10-24-9-3-4-12-27(24)26)33(31)42(35)22-23-17-19-25(20-18-23)28-13-5-6-14-29(28)34-38-40-41-39-34/h3-20H,2,21-22H2,1H3,(H,36,43)(H,38,39,40,41). The van der Waals surface area contributed by atoms with Crippen LogP contribution in [0.25, 0.3) is 44.3 Å². The number of carbonyl (C=O) groups is 1. The molecular formula is C35H29N7O2. The van der Waals surface area contributed by atoms with Gasteiger partial charge < -0.3 is 10.1 Å². The topological polar surface area (TPSA) is 111 Å². The number of nitrogens with zero attached hydrogens (tertiary/aromatic N) is 5. The first-order valence-corrected chi connectivity index (χ1v) is 14.5. The van der Waals surface area contributed by atoms with Gasteiger partial charge in [0.15, 0.2) is 0 Å². The Morgan fingerprint density at radius 3 is 2.45 bits per heavy atom. The summed E-state index contributed by atoms with van der Waals surface area (Å²) in [6.45, 7) is 2.92. The van der Waals surface area contributed by atoms with Gasteiger partial charge in [-0.2, -0.15) is 10.2 Å². The third-order valence-corrected chi connectivity index (χ3v) is 7.63. The summed E-state index contributed by atoms with van der Waals surface area (Å²) < 4.78 is 7.99. The van der Waals surface area contributed by atoms with E-state index in [1.165, 1.54) is 0 Å². The van der Waals surface area contributed by atoms with Gasteiger partial charge in [0.25, 0.3) is 6.01 Å². The number of nitrogens with one attached hydrogen (secondary N) is 2. The number of anilines is 1. The molecule has 9 nitrogen and oxygen atoms in total. The molecule has 7 aromatic rings. The third kappa shape index (κ3) is 5.27. The van der Waals surface area contributed by atoms with Crippen LogP contribution < -0.4 is 10.1 Å². The Hall–Kier alpha value is -5.83. The normalized spacial score (nSPS) is 11.2. The molecule has 7 rings (SSSR count). The lowest BCUT2D eigenvalue weighted by Crippen LogP contribution is -2.15. The van der Waals surface area contributed by atoms with Crippen LogP contribution >= 0.6 is 0 Å². The number of tetrazole rings is 1. The van der Waals surface area contributed by atoms with Crippen LogP contribution in [-0.2, 0) is 17.8 Å². The molecular weight excluding hydrogens is 550 g/mol.